The lowest BCUT2D eigenvalue weighted by atomic mass is 9.59. The van der Waals surface area contributed by atoms with E-state index in [2.05, 4.69) is 0 Å². The average Bonchev–Trinajstić information content (AvgIpc) is 3.13. The lowest BCUT2D eigenvalue weighted by molar-refractivity contribution is -0.167. The van der Waals surface area contributed by atoms with Crippen molar-refractivity contribution < 1.29 is 23.9 Å². The highest BCUT2D eigenvalue weighted by Crippen LogP contribution is 2.57. The lowest BCUT2D eigenvalue weighted by Gasteiger charge is -2.44. The number of hydrogen-bond donors (Lipinski definition) is 0. The molecule has 0 radical (unpaired) electrons. The summed E-state index contributed by atoms with van der Waals surface area (Å²) in [6.07, 6.45) is -0.291. The monoisotopic (exact) mass is 501 g/mol. The summed E-state index contributed by atoms with van der Waals surface area (Å²) in [4.78, 5) is 55.5. The number of ether oxygens (including phenoxy) is 1. The number of carbonyl (C=O) groups is 4. The van der Waals surface area contributed by atoms with Gasteiger partial charge >= 0.3 is 5.97 Å². The Bertz CT molecular complexity index is 1360. The number of esters is 1. The molecule has 0 aromatic heterocycles. The largest absolute Gasteiger partial charge is 0.465 e. The summed E-state index contributed by atoms with van der Waals surface area (Å²) >= 11 is 6.71. The normalized spacial score (nSPS) is 22.9. The first-order valence-electron chi connectivity index (χ1n) is 11.8. The molecule has 6 nitrogen and oxygen atoms in total. The van der Waals surface area contributed by atoms with Crippen molar-refractivity contribution in [2.24, 2.45) is 11.8 Å². The number of rotatable bonds is 6. The molecule has 36 heavy (non-hydrogen) atoms. The number of nitrogens with zero attached hydrogens (tertiary/aromatic N) is 1. The second-order valence-electron chi connectivity index (χ2n) is 9.23. The standard InChI is InChI=1S/C29H24ClNO5/c1-31-23-14-8-13-22(30)26(23)29(28(31)35)20(15-24(32)18-9-4-2-5-10-18)17-36-27(34)21(29)16-25(33)19-11-6-3-7-12-19/h2-14,20-21H,15-17H2,1H3/t20-,21-,29+/m0/s1. The van der Waals surface area contributed by atoms with Crippen LogP contribution in [0.4, 0.5) is 5.69 Å². The molecule has 5 rings (SSSR count). The summed E-state index contributed by atoms with van der Waals surface area (Å²) in [5.74, 6) is -3.31. The van der Waals surface area contributed by atoms with Gasteiger partial charge in [-0.2, -0.15) is 0 Å². The Morgan fingerprint density at radius 1 is 0.889 bits per heavy atom. The van der Waals surface area contributed by atoms with E-state index in [4.69, 9.17) is 16.3 Å². The fourth-order valence-corrected chi connectivity index (χ4v) is 5.97. The van der Waals surface area contributed by atoms with E-state index in [-0.39, 0.29) is 36.9 Å². The maximum atomic E-state index is 14.1. The first-order valence-corrected chi connectivity index (χ1v) is 12.1. The number of carbonyl (C=O) groups excluding carboxylic acids is 4. The van der Waals surface area contributed by atoms with Gasteiger partial charge in [-0.15, -0.1) is 0 Å². The van der Waals surface area contributed by atoms with Crippen molar-refractivity contribution in [3.05, 3.63) is 101 Å². The molecule has 2 heterocycles. The van der Waals surface area contributed by atoms with E-state index in [0.29, 0.717) is 27.4 Å². The predicted molar refractivity (Wildman–Crippen MR) is 135 cm³/mol. The van der Waals surface area contributed by atoms with Crippen LogP contribution in [-0.4, -0.2) is 37.1 Å². The second kappa shape index (κ2) is 9.36. The highest BCUT2D eigenvalue weighted by Gasteiger charge is 2.65. The van der Waals surface area contributed by atoms with Gasteiger partial charge in [-0.25, -0.2) is 0 Å². The zero-order valence-corrected chi connectivity index (χ0v) is 20.4. The van der Waals surface area contributed by atoms with E-state index >= 15 is 0 Å². The molecule has 3 aromatic carbocycles. The van der Waals surface area contributed by atoms with E-state index in [0.717, 1.165) is 0 Å². The minimum atomic E-state index is -1.51. The molecule has 182 valence electrons. The topological polar surface area (TPSA) is 80.8 Å². The first kappa shape index (κ1) is 23.9. The van der Waals surface area contributed by atoms with E-state index in [1.54, 1.807) is 79.8 Å². The molecular formula is C29H24ClNO5. The van der Waals surface area contributed by atoms with Gasteiger partial charge in [0.2, 0.25) is 5.91 Å². The van der Waals surface area contributed by atoms with Crippen LogP contribution in [0, 0.1) is 11.8 Å². The molecule has 0 saturated carbocycles. The van der Waals surface area contributed by atoms with Gasteiger partial charge in [-0.3, -0.25) is 19.2 Å². The molecule has 3 aromatic rings. The van der Waals surface area contributed by atoms with Crippen molar-refractivity contribution in [3.63, 3.8) is 0 Å². The van der Waals surface area contributed by atoms with Crippen LogP contribution in [0.15, 0.2) is 78.9 Å². The first-order chi connectivity index (χ1) is 17.4. The molecule has 0 bridgehead atoms. The number of Topliss-reactive ketones (excluding diaryl/α,β-unsaturated/α-hetero) is 2. The average molecular weight is 502 g/mol. The summed E-state index contributed by atoms with van der Waals surface area (Å²) in [5, 5.41) is 0.314. The molecular weight excluding hydrogens is 478 g/mol. The molecule has 1 fully saturated rings. The van der Waals surface area contributed by atoms with Crippen LogP contribution in [0.3, 0.4) is 0 Å². The molecule has 1 amide bonds. The lowest BCUT2D eigenvalue weighted by Crippen LogP contribution is -2.58. The molecule has 1 saturated heterocycles. The molecule has 3 atom stereocenters. The Labute approximate surface area is 213 Å². The number of likely N-dealkylation sites (N-methyl/N-ethyl adjacent to an activating group) is 1. The molecule has 2 aliphatic heterocycles. The summed E-state index contributed by atoms with van der Waals surface area (Å²) in [6, 6.07) is 22.6. The number of anilines is 1. The van der Waals surface area contributed by atoms with Gasteiger partial charge < -0.3 is 9.64 Å². The second-order valence-corrected chi connectivity index (χ2v) is 9.64. The zero-order chi connectivity index (χ0) is 25.4. The van der Waals surface area contributed by atoms with E-state index in [1.807, 2.05) is 6.07 Å². The Hall–Kier alpha value is -3.77. The van der Waals surface area contributed by atoms with Gasteiger partial charge in [0.15, 0.2) is 11.6 Å². The van der Waals surface area contributed by atoms with E-state index < -0.39 is 23.2 Å². The minimum Gasteiger partial charge on any atom is -0.465 e. The summed E-state index contributed by atoms with van der Waals surface area (Å²) in [7, 11) is 1.62. The molecule has 2 aliphatic rings. The SMILES string of the molecule is CN1C(=O)[C@]2(c3c(Cl)cccc31)[C@@H](CC(=O)c1ccccc1)COC(=O)[C@@H]2CC(=O)c1ccccc1. The summed E-state index contributed by atoms with van der Waals surface area (Å²) in [6.45, 7) is -0.127. The van der Waals surface area contributed by atoms with Crippen molar-refractivity contribution in [3.8, 4) is 0 Å². The summed E-state index contributed by atoms with van der Waals surface area (Å²) < 4.78 is 5.54. The number of amides is 1. The van der Waals surface area contributed by atoms with Gasteiger partial charge in [0.1, 0.15) is 0 Å². The quantitative estimate of drug-likeness (QED) is 0.355. The fraction of sp³-hybridized carbons (Fsp3) is 0.241. The van der Waals surface area contributed by atoms with Gasteiger partial charge in [0.25, 0.3) is 0 Å². The molecule has 7 heteroatoms. The number of fused-ring (bicyclic) bond motifs is 2. The molecule has 0 unspecified atom stereocenters. The Balaban J connectivity index is 1.65. The van der Waals surface area contributed by atoms with Crippen molar-refractivity contribution in [2.75, 3.05) is 18.6 Å². The highest BCUT2D eigenvalue weighted by atomic mass is 35.5. The number of cyclic esters (lactones) is 1. The maximum absolute atomic E-state index is 14.1. The van der Waals surface area contributed by atoms with Crippen LogP contribution < -0.4 is 4.90 Å². The smallest absolute Gasteiger partial charge is 0.310 e. The van der Waals surface area contributed by atoms with Crippen LogP contribution in [0.25, 0.3) is 0 Å². The third kappa shape index (κ3) is 3.73. The predicted octanol–water partition coefficient (Wildman–Crippen LogP) is 4.89. The minimum absolute atomic E-state index is 0.0441. The van der Waals surface area contributed by atoms with E-state index in [9.17, 15) is 19.2 Å². The van der Waals surface area contributed by atoms with Crippen LogP contribution in [0.5, 0.6) is 0 Å². The van der Waals surface area contributed by atoms with Crippen LogP contribution >= 0.6 is 11.6 Å². The number of hydrogen-bond acceptors (Lipinski definition) is 5. The van der Waals surface area contributed by atoms with Crippen molar-refractivity contribution in [2.45, 2.75) is 18.3 Å². The third-order valence-electron chi connectivity index (χ3n) is 7.34. The molecule has 1 spiro atoms. The summed E-state index contributed by atoms with van der Waals surface area (Å²) in [5.41, 5.74) is 0.469. The van der Waals surface area contributed by atoms with Gasteiger partial charge in [0.05, 0.1) is 17.9 Å². The third-order valence-corrected chi connectivity index (χ3v) is 7.66. The van der Waals surface area contributed by atoms with Gasteiger partial charge in [0, 0.05) is 53.2 Å². The van der Waals surface area contributed by atoms with Gasteiger partial charge in [-0.1, -0.05) is 78.3 Å². The Kier molecular flexibility index (Phi) is 6.22. The maximum Gasteiger partial charge on any atom is 0.310 e. The number of halogens is 1. The number of ketones is 2. The van der Waals surface area contributed by atoms with Crippen molar-refractivity contribution in [1.82, 2.24) is 0 Å². The fourth-order valence-electron chi connectivity index (χ4n) is 5.64. The highest BCUT2D eigenvalue weighted by molar-refractivity contribution is 6.33. The van der Waals surface area contributed by atoms with Crippen LogP contribution in [0.2, 0.25) is 5.02 Å². The zero-order valence-electron chi connectivity index (χ0n) is 19.6. The Morgan fingerprint density at radius 3 is 2.08 bits per heavy atom. The van der Waals surface area contributed by atoms with Crippen LogP contribution in [-0.2, 0) is 19.7 Å². The van der Waals surface area contributed by atoms with Gasteiger partial charge in [-0.05, 0) is 12.1 Å². The van der Waals surface area contributed by atoms with Crippen molar-refractivity contribution >= 4 is 40.7 Å². The van der Waals surface area contributed by atoms with E-state index in [1.165, 1.54) is 4.90 Å². The molecule has 0 aliphatic carbocycles. The van der Waals surface area contributed by atoms with Crippen molar-refractivity contribution in [1.29, 1.82) is 0 Å². The number of benzene rings is 3. The molecule has 0 N–H and O–H groups in total. The Morgan fingerprint density at radius 2 is 1.47 bits per heavy atom. The van der Waals surface area contributed by atoms with Crippen LogP contribution in [0.1, 0.15) is 39.1 Å².